The Labute approximate surface area is 172 Å². The van der Waals surface area contributed by atoms with Crippen LogP contribution in [0.5, 0.6) is 0 Å². The van der Waals surface area contributed by atoms with Crippen molar-refractivity contribution in [1.82, 2.24) is 9.88 Å². The maximum atomic E-state index is 12.6. The van der Waals surface area contributed by atoms with Gasteiger partial charge in [-0.15, -0.1) is 0 Å². The number of anilines is 3. The van der Waals surface area contributed by atoms with Crippen molar-refractivity contribution in [3.05, 3.63) is 83.6 Å². The maximum Gasteiger partial charge on any atom is 0.255 e. The number of benzene rings is 2. The van der Waals surface area contributed by atoms with E-state index in [2.05, 4.69) is 52.8 Å². The summed E-state index contributed by atoms with van der Waals surface area (Å²) in [6.45, 7) is 3.00. The molecule has 3 aromatic rings. The average molecular weight is 389 g/mol. The predicted octanol–water partition coefficient (Wildman–Crippen LogP) is 4.88. The van der Waals surface area contributed by atoms with Crippen LogP contribution in [-0.4, -0.2) is 36.4 Å². The van der Waals surface area contributed by atoms with Gasteiger partial charge in [0.1, 0.15) is 0 Å². The summed E-state index contributed by atoms with van der Waals surface area (Å²) in [4.78, 5) is 19.4. The Morgan fingerprint density at radius 1 is 1.00 bits per heavy atom. The molecule has 0 bridgehead atoms. The molecule has 5 nitrogen and oxygen atoms in total. The molecule has 0 saturated heterocycles. The Balaban J connectivity index is 1.81. The number of amides is 1. The third kappa shape index (κ3) is 5.90. The number of pyridine rings is 1. The summed E-state index contributed by atoms with van der Waals surface area (Å²) < 4.78 is 0. The van der Waals surface area contributed by atoms with Crippen LogP contribution >= 0.6 is 0 Å². The third-order valence-electron chi connectivity index (χ3n) is 4.63. The van der Waals surface area contributed by atoms with Gasteiger partial charge in [0.2, 0.25) is 0 Å². The number of nitrogens with one attached hydrogen (secondary N) is 2. The highest BCUT2D eigenvalue weighted by Crippen LogP contribution is 2.27. The highest BCUT2D eigenvalue weighted by atomic mass is 16.1. The van der Waals surface area contributed by atoms with Crippen LogP contribution in [0.25, 0.3) is 0 Å². The lowest BCUT2D eigenvalue weighted by Crippen LogP contribution is -2.14. The molecule has 0 aliphatic rings. The minimum absolute atomic E-state index is 0.152. The van der Waals surface area contributed by atoms with Gasteiger partial charge in [0, 0.05) is 17.4 Å². The van der Waals surface area contributed by atoms with E-state index in [0.717, 1.165) is 30.6 Å². The SMILES string of the molecule is Cc1cnc(Nc2ccccc2CCCN(C)C)c(NC(=O)c2ccccc2)c1. The van der Waals surface area contributed by atoms with Crippen molar-refractivity contribution in [3.8, 4) is 0 Å². The fourth-order valence-electron chi connectivity index (χ4n) is 3.12. The van der Waals surface area contributed by atoms with Crippen molar-refractivity contribution in [1.29, 1.82) is 0 Å². The number of carbonyl (C=O) groups excluding carboxylic acids is 1. The smallest absolute Gasteiger partial charge is 0.255 e. The van der Waals surface area contributed by atoms with Crippen LogP contribution < -0.4 is 10.6 Å². The number of hydrogen-bond donors (Lipinski definition) is 2. The molecule has 3 rings (SSSR count). The summed E-state index contributed by atoms with van der Waals surface area (Å²) in [6, 6.07) is 19.4. The van der Waals surface area contributed by atoms with E-state index in [1.807, 2.05) is 37.3 Å². The van der Waals surface area contributed by atoms with Crippen LogP contribution in [0.1, 0.15) is 27.9 Å². The summed E-state index contributed by atoms with van der Waals surface area (Å²) in [5, 5.41) is 6.42. The Kier molecular flexibility index (Phi) is 6.98. The van der Waals surface area contributed by atoms with E-state index in [1.165, 1.54) is 5.56 Å². The molecule has 29 heavy (non-hydrogen) atoms. The molecule has 0 atom stereocenters. The van der Waals surface area contributed by atoms with E-state index in [-0.39, 0.29) is 5.91 Å². The molecule has 1 heterocycles. The molecule has 1 amide bonds. The second-order valence-electron chi connectivity index (χ2n) is 7.42. The summed E-state index contributed by atoms with van der Waals surface area (Å²) in [7, 11) is 4.17. The molecule has 0 aliphatic heterocycles. The van der Waals surface area contributed by atoms with Crippen molar-refractivity contribution >= 4 is 23.1 Å². The average Bonchev–Trinajstić information content (AvgIpc) is 2.71. The molecular weight excluding hydrogens is 360 g/mol. The fourth-order valence-corrected chi connectivity index (χ4v) is 3.12. The van der Waals surface area contributed by atoms with Crippen LogP contribution in [0.15, 0.2) is 66.9 Å². The quantitative estimate of drug-likeness (QED) is 0.577. The molecule has 0 fully saturated rings. The molecule has 0 saturated carbocycles. The molecule has 0 aliphatic carbocycles. The van der Waals surface area contributed by atoms with E-state index < -0.39 is 0 Å². The zero-order valence-electron chi connectivity index (χ0n) is 17.3. The molecule has 2 aromatic carbocycles. The van der Waals surface area contributed by atoms with Gasteiger partial charge in [0.15, 0.2) is 5.82 Å². The third-order valence-corrected chi connectivity index (χ3v) is 4.63. The van der Waals surface area contributed by atoms with Gasteiger partial charge in [-0.3, -0.25) is 4.79 Å². The molecule has 0 radical (unpaired) electrons. The second-order valence-corrected chi connectivity index (χ2v) is 7.42. The van der Waals surface area contributed by atoms with E-state index >= 15 is 0 Å². The topological polar surface area (TPSA) is 57.3 Å². The van der Waals surface area contributed by atoms with Gasteiger partial charge in [0.25, 0.3) is 5.91 Å². The highest BCUT2D eigenvalue weighted by molar-refractivity contribution is 6.05. The number of carbonyl (C=O) groups is 1. The number of para-hydroxylation sites is 1. The van der Waals surface area contributed by atoms with Crippen LogP contribution in [0.4, 0.5) is 17.2 Å². The van der Waals surface area contributed by atoms with Gasteiger partial charge in [-0.2, -0.15) is 0 Å². The van der Waals surface area contributed by atoms with E-state index in [9.17, 15) is 4.79 Å². The Morgan fingerprint density at radius 3 is 2.48 bits per heavy atom. The summed E-state index contributed by atoms with van der Waals surface area (Å²) in [5.74, 6) is 0.486. The maximum absolute atomic E-state index is 12.6. The lowest BCUT2D eigenvalue weighted by atomic mass is 10.1. The van der Waals surface area contributed by atoms with Gasteiger partial charge in [-0.25, -0.2) is 4.98 Å². The Bertz CT molecular complexity index is 954. The summed E-state index contributed by atoms with van der Waals surface area (Å²) >= 11 is 0. The van der Waals surface area contributed by atoms with Gasteiger partial charge >= 0.3 is 0 Å². The van der Waals surface area contributed by atoms with Crippen molar-refractivity contribution in [3.63, 3.8) is 0 Å². The minimum atomic E-state index is -0.152. The standard InChI is InChI=1S/C24H28N4O/c1-18-16-22(27-24(29)20-11-5-4-6-12-20)23(25-17-18)26-21-14-8-7-10-19(21)13-9-15-28(2)3/h4-8,10-12,14,16-17H,9,13,15H2,1-3H3,(H,25,26)(H,27,29). The van der Waals surface area contributed by atoms with Gasteiger partial charge in [-0.05, 0) is 75.8 Å². The van der Waals surface area contributed by atoms with Crippen LogP contribution in [0.2, 0.25) is 0 Å². The molecule has 0 unspecified atom stereocenters. The molecule has 150 valence electrons. The van der Waals surface area contributed by atoms with E-state index in [4.69, 9.17) is 0 Å². The van der Waals surface area contributed by atoms with Gasteiger partial charge in [-0.1, -0.05) is 36.4 Å². The predicted molar refractivity (Wildman–Crippen MR) is 120 cm³/mol. The Hall–Kier alpha value is -3.18. The lowest BCUT2D eigenvalue weighted by molar-refractivity contribution is 0.102. The first-order valence-corrected chi connectivity index (χ1v) is 9.85. The number of hydrogen-bond acceptors (Lipinski definition) is 4. The number of aryl methyl sites for hydroxylation is 2. The normalized spacial score (nSPS) is 10.8. The minimum Gasteiger partial charge on any atom is -0.338 e. The summed E-state index contributed by atoms with van der Waals surface area (Å²) in [5.41, 5.74) is 4.51. The molecule has 1 aromatic heterocycles. The summed E-state index contributed by atoms with van der Waals surface area (Å²) in [6.07, 6.45) is 3.85. The van der Waals surface area contributed by atoms with Crippen molar-refractivity contribution < 1.29 is 4.79 Å². The Morgan fingerprint density at radius 2 is 1.72 bits per heavy atom. The zero-order valence-corrected chi connectivity index (χ0v) is 17.3. The van der Waals surface area contributed by atoms with Crippen molar-refractivity contribution in [2.45, 2.75) is 19.8 Å². The van der Waals surface area contributed by atoms with Crippen molar-refractivity contribution in [2.75, 3.05) is 31.3 Å². The first-order chi connectivity index (χ1) is 14.0. The number of rotatable bonds is 8. The monoisotopic (exact) mass is 388 g/mol. The first kappa shape index (κ1) is 20.6. The van der Waals surface area contributed by atoms with Crippen molar-refractivity contribution in [2.24, 2.45) is 0 Å². The number of nitrogens with zero attached hydrogens (tertiary/aromatic N) is 2. The van der Waals surface area contributed by atoms with E-state index in [1.54, 1.807) is 18.3 Å². The van der Waals surface area contributed by atoms with Crippen LogP contribution in [-0.2, 0) is 6.42 Å². The molecular formula is C24H28N4O. The van der Waals surface area contributed by atoms with E-state index in [0.29, 0.717) is 17.1 Å². The molecule has 0 spiro atoms. The van der Waals surface area contributed by atoms with Gasteiger partial charge < -0.3 is 15.5 Å². The lowest BCUT2D eigenvalue weighted by Gasteiger charge is -2.16. The number of aromatic nitrogens is 1. The van der Waals surface area contributed by atoms with Crippen LogP contribution in [0.3, 0.4) is 0 Å². The molecule has 5 heteroatoms. The van der Waals surface area contributed by atoms with Gasteiger partial charge in [0.05, 0.1) is 5.69 Å². The van der Waals surface area contributed by atoms with Crippen LogP contribution in [0, 0.1) is 6.92 Å². The fraction of sp³-hybridized carbons (Fsp3) is 0.250. The first-order valence-electron chi connectivity index (χ1n) is 9.85. The second kappa shape index (κ2) is 9.85. The highest BCUT2D eigenvalue weighted by Gasteiger charge is 2.12. The largest absolute Gasteiger partial charge is 0.338 e. The zero-order chi connectivity index (χ0) is 20.6. The molecule has 2 N–H and O–H groups in total.